The topological polar surface area (TPSA) is 88.2 Å². The van der Waals surface area contributed by atoms with Gasteiger partial charge in [0.2, 0.25) is 0 Å². The summed E-state index contributed by atoms with van der Waals surface area (Å²) in [5.41, 5.74) is 0.610. The van der Waals surface area contributed by atoms with Crippen LogP contribution in [-0.2, 0) is 4.79 Å². The highest BCUT2D eigenvalue weighted by Crippen LogP contribution is 2.19. The van der Waals surface area contributed by atoms with E-state index in [1.54, 1.807) is 12.1 Å². The lowest BCUT2D eigenvalue weighted by molar-refractivity contribution is -0.134. The van der Waals surface area contributed by atoms with Crippen molar-refractivity contribution < 1.29 is 14.3 Å². The number of rotatable bonds is 4. The molecule has 2 rings (SSSR count). The smallest absolute Gasteiger partial charge is 0.322 e. The molecule has 0 spiro atoms. The number of furan rings is 1. The molecular weight excluding hydrogens is 222 g/mol. The molecule has 0 fully saturated rings. The number of aromatic nitrogens is 2. The first kappa shape index (κ1) is 11.1. The number of aryl methyl sites for hydroxylation is 1. The number of anilines is 1. The largest absolute Gasteiger partial charge is 0.480 e. The van der Waals surface area contributed by atoms with Gasteiger partial charge in [-0.05, 0) is 31.2 Å². The Morgan fingerprint density at radius 2 is 2.18 bits per heavy atom. The van der Waals surface area contributed by atoms with Crippen molar-refractivity contribution in [3.05, 3.63) is 30.0 Å². The molecule has 88 valence electrons. The van der Waals surface area contributed by atoms with Crippen molar-refractivity contribution in [2.45, 2.75) is 6.92 Å². The number of carboxylic acids is 1. The lowest BCUT2D eigenvalue weighted by Gasteiger charge is -2.01. The van der Waals surface area contributed by atoms with Gasteiger partial charge in [0.15, 0.2) is 5.76 Å². The maximum atomic E-state index is 10.3. The van der Waals surface area contributed by atoms with E-state index in [1.165, 1.54) is 0 Å². The highest BCUT2D eigenvalue weighted by molar-refractivity contribution is 5.72. The Morgan fingerprint density at radius 1 is 1.35 bits per heavy atom. The summed E-state index contributed by atoms with van der Waals surface area (Å²) < 4.78 is 5.39. The molecule has 0 amide bonds. The van der Waals surface area contributed by atoms with Gasteiger partial charge in [-0.2, -0.15) is 0 Å². The van der Waals surface area contributed by atoms with Crippen molar-refractivity contribution in [3.8, 4) is 11.5 Å². The molecule has 0 unspecified atom stereocenters. The van der Waals surface area contributed by atoms with Crippen LogP contribution < -0.4 is 5.32 Å². The van der Waals surface area contributed by atoms with Crippen LogP contribution in [0.3, 0.4) is 0 Å². The van der Waals surface area contributed by atoms with E-state index in [0.29, 0.717) is 17.3 Å². The molecule has 2 aromatic rings. The first-order valence-corrected chi connectivity index (χ1v) is 5.01. The lowest BCUT2D eigenvalue weighted by Crippen LogP contribution is -2.13. The van der Waals surface area contributed by atoms with Gasteiger partial charge in [0.25, 0.3) is 0 Å². The summed E-state index contributed by atoms with van der Waals surface area (Å²) >= 11 is 0. The van der Waals surface area contributed by atoms with E-state index in [0.717, 1.165) is 5.76 Å². The van der Waals surface area contributed by atoms with Crippen LogP contribution in [0.25, 0.3) is 11.5 Å². The van der Waals surface area contributed by atoms with Gasteiger partial charge in [0.05, 0.1) is 0 Å². The molecule has 0 aliphatic rings. The molecule has 0 saturated carbocycles. The zero-order chi connectivity index (χ0) is 12.3. The Bertz CT molecular complexity index is 519. The van der Waals surface area contributed by atoms with Crippen LogP contribution in [0, 0.1) is 6.92 Å². The van der Waals surface area contributed by atoms with Crippen LogP contribution in [0.15, 0.2) is 28.7 Å². The average molecular weight is 233 g/mol. The van der Waals surface area contributed by atoms with Crippen molar-refractivity contribution in [1.29, 1.82) is 0 Å². The van der Waals surface area contributed by atoms with Gasteiger partial charge in [0, 0.05) is 0 Å². The number of carbonyl (C=O) groups is 1. The van der Waals surface area contributed by atoms with E-state index in [4.69, 9.17) is 9.52 Å². The second-order valence-electron chi connectivity index (χ2n) is 3.46. The van der Waals surface area contributed by atoms with Crippen LogP contribution in [0.5, 0.6) is 0 Å². The maximum absolute atomic E-state index is 10.3. The SMILES string of the molecule is Cc1ccc(-c2ccc(NCC(=O)O)nn2)o1. The minimum atomic E-state index is -0.947. The molecule has 0 aromatic carbocycles. The van der Waals surface area contributed by atoms with Crippen molar-refractivity contribution >= 4 is 11.8 Å². The van der Waals surface area contributed by atoms with Gasteiger partial charge in [-0.3, -0.25) is 4.79 Å². The van der Waals surface area contributed by atoms with E-state index >= 15 is 0 Å². The molecule has 2 heterocycles. The Morgan fingerprint density at radius 3 is 2.71 bits per heavy atom. The van der Waals surface area contributed by atoms with E-state index in [2.05, 4.69) is 15.5 Å². The molecule has 17 heavy (non-hydrogen) atoms. The average Bonchev–Trinajstić information content (AvgIpc) is 2.74. The molecular formula is C11H11N3O3. The van der Waals surface area contributed by atoms with Gasteiger partial charge in [0.1, 0.15) is 23.8 Å². The Kier molecular flexibility index (Phi) is 3.04. The molecule has 0 atom stereocenters. The monoisotopic (exact) mass is 233 g/mol. The minimum absolute atomic E-state index is 0.187. The van der Waals surface area contributed by atoms with Crippen molar-refractivity contribution in [2.75, 3.05) is 11.9 Å². The summed E-state index contributed by atoms with van der Waals surface area (Å²) in [6.07, 6.45) is 0. The summed E-state index contributed by atoms with van der Waals surface area (Å²) in [4.78, 5) is 10.3. The predicted molar refractivity (Wildman–Crippen MR) is 60.6 cm³/mol. The summed E-state index contributed by atoms with van der Waals surface area (Å²) in [6.45, 7) is 1.66. The Labute approximate surface area is 97.3 Å². The lowest BCUT2D eigenvalue weighted by atomic mass is 10.3. The van der Waals surface area contributed by atoms with Crippen LogP contribution in [0.2, 0.25) is 0 Å². The third kappa shape index (κ3) is 2.81. The van der Waals surface area contributed by atoms with Gasteiger partial charge < -0.3 is 14.8 Å². The summed E-state index contributed by atoms with van der Waals surface area (Å²) in [5, 5.41) is 18.9. The molecule has 2 aromatic heterocycles. The maximum Gasteiger partial charge on any atom is 0.322 e. The Balaban J connectivity index is 2.10. The molecule has 2 N–H and O–H groups in total. The zero-order valence-electron chi connectivity index (χ0n) is 9.17. The molecule has 6 nitrogen and oxygen atoms in total. The molecule has 0 radical (unpaired) electrons. The van der Waals surface area contributed by atoms with Crippen LogP contribution >= 0.6 is 0 Å². The number of carboxylic acid groups (broad SMARTS) is 1. The van der Waals surface area contributed by atoms with Gasteiger partial charge in [-0.1, -0.05) is 0 Å². The highest BCUT2D eigenvalue weighted by Gasteiger charge is 2.05. The van der Waals surface area contributed by atoms with E-state index in [9.17, 15) is 4.79 Å². The number of nitrogens with one attached hydrogen (secondary N) is 1. The quantitative estimate of drug-likeness (QED) is 0.832. The molecule has 0 aliphatic carbocycles. The number of aliphatic carboxylic acids is 1. The van der Waals surface area contributed by atoms with Crippen molar-refractivity contribution in [2.24, 2.45) is 0 Å². The van der Waals surface area contributed by atoms with Crippen LogP contribution in [-0.4, -0.2) is 27.8 Å². The van der Waals surface area contributed by atoms with E-state index in [1.807, 2.05) is 19.1 Å². The molecule has 0 aliphatic heterocycles. The van der Waals surface area contributed by atoms with Crippen molar-refractivity contribution in [3.63, 3.8) is 0 Å². The van der Waals surface area contributed by atoms with Gasteiger partial charge in [-0.25, -0.2) is 0 Å². The number of nitrogens with zero attached hydrogens (tertiary/aromatic N) is 2. The Hall–Kier alpha value is -2.37. The van der Waals surface area contributed by atoms with E-state index in [-0.39, 0.29) is 6.54 Å². The fourth-order valence-corrected chi connectivity index (χ4v) is 1.30. The van der Waals surface area contributed by atoms with E-state index < -0.39 is 5.97 Å². The first-order chi connectivity index (χ1) is 8.15. The number of hydrogen-bond donors (Lipinski definition) is 2. The second kappa shape index (κ2) is 4.65. The third-order valence-electron chi connectivity index (χ3n) is 2.08. The van der Waals surface area contributed by atoms with Gasteiger partial charge >= 0.3 is 5.97 Å². The van der Waals surface area contributed by atoms with Crippen molar-refractivity contribution in [1.82, 2.24) is 10.2 Å². The number of hydrogen-bond acceptors (Lipinski definition) is 5. The van der Waals surface area contributed by atoms with Gasteiger partial charge in [-0.15, -0.1) is 10.2 Å². The fraction of sp³-hybridized carbons (Fsp3) is 0.182. The first-order valence-electron chi connectivity index (χ1n) is 5.01. The fourth-order valence-electron chi connectivity index (χ4n) is 1.30. The molecule has 0 bridgehead atoms. The van der Waals surface area contributed by atoms with Crippen LogP contribution in [0.1, 0.15) is 5.76 Å². The summed E-state index contributed by atoms with van der Waals surface area (Å²) in [5.74, 6) is 0.909. The predicted octanol–water partition coefficient (Wildman–Crippen LogP) is 1.54. The van der Waals surface area contributed by atoms with Crippen LogP contribution in [0.4, 0.5) is 5.82 Å². The normalized spacial score (nSPS) is 10.2. The second-order valence-corrected chi connectivity index (χ2v) is 3.46. The highest BCUT2D eigenvalue weighted by atomic mass is 16.4. The molecule has 0 saturated heterocycles. The third-order valence-corrected chi connectivity index (χ3v) is 2.08. The standard InChI is InChI=1S/C11H11N3O3/c1-7-2-4-9(17-7)8-3-5-10(14-13-8)12-6-11(15)16/h2-5H,6H2,1H3,(H,12,14)(H,15,16). The minimum Gasteiger partial charge on any atom is -0.480 e. The summed E-state index contributed by atoms with van der Waals surface area (Å²) in [6, 6.07) is 7.02. The molecule has 6 heteroatoms. The zero-order valence-corrected chi connectivity index (χ0v) is 9.17. The summed E-state index contributed by atoms with van der Waals surface area (Å²) in [7, 11) is 0.